The van der Waals surface area contributed by atoms with Crippen LogP contribution in [0.1, 0.15) is 16.1 Å². The Hall–Kier alpha value is -2.28. The van der Waals surface area contributed by atoms with Gasteiger partial charge in [-0.1, -0.05) is 29.8 Å². The summed E-state index contributed by atoms with van der Waals surface area (Å²) in [5.41, 5.74) is 2.49. The average Bonchev–Trinajstić information content (AvgIpc) is 3.17. The first kappa shape index (κ1) is 19.1. The molecular weight excluding hydrogens is 397 g/mol. The lowest BCUT2D eigenvalue weighted by Crippen LogP contribution is -2.48. The topological polar surface area (TPSA) is 36.4 Å². The fraction of sp³-hybridized carbons (Fsp3) is 0.238. The second-order valence-corrected chi connectivity index (χ2v) is 8.02. The maximum absolute atomic E-state index is 13.4. The molecule has 1 fully saturated rings. The highest BCUT2D eigenvalue weighted by atomic mass is 35.5. The maximum Gasteiger partial charge on any atom is 0.254 e. The molecule has 1 aliphatic heterocycles. The van der Waals surface area contributed by atoms with Gasteiger partial charge in [0.05, 0.1) is 5.69 Å². The minimum absolute atomic E-state index is 0.113. The normalized spacial score (nSPS) is 15.0. The number of benzene rings is 2. The van der Waals surface area contributed by atoms with Gasteiger partial charge >= 0.3 is 0 Å². The molecule has 0 N–H and O–H groups in total. The van der Waals surface area contributed by atoms with Crippen molar-refractivity contribution in [2.75, 3.05) is 26.2 Å². The third-order valence-corrected chi connectivity index (χ3v) is 5.95. The van der Waals surface area contributed by atoms with E-state index in [4.69, 9.17) is 16.6 Å². The molecule has 1 aliphatic rings. The van der Waals surface area contributed by atoms with E-state index in [1.807, 2.05) is 24.3 Å². The van der Waals surface area contributed by atoms with E-state index in [0.29, 0.717) is 23.7 Å². The summed E-state index contributed by atoms with van der Waals surface area (Å²) >= 11 is 7.56. The van der Waals surface area contributed by atoms with Crippen molar-refractivity contribution in [3.63, 3.8) is 0 Å². The third-order valence-electron chi connectivity index (χ3n) is 4.76. The van der Waals surface area contributed by atoms with Gasteiger partial charge < -0.3 is 4.90 Å². The molecule has 2 aromatic carbocycles. The number of piperazine rings is 1. The highest BCUT2D eigenvalue weighted by Gasteiger charge is 2.23. The van der Waals surface area contributed by atoms with Crippen LogP contribution in [0.25, 0.3) is 10.6 Å². The molecule has 1 aromatic heterocycles. The molecule has 4 nitrogen and oxygen atoms in total. The Morgan fingerprint density at radius 3 is 2.57 bits per heavy atom. The van der Waals surface area contributed by atoms with Gasteiger partial charge in [-0.3, -0.25) is 9.69 Å². The van der Waals surface area contributed by atoms with Crippen molar-refractivity contribution in [3.8, 4) is 10.6 Å². The van der Waals surface area contributed by atoms with Crippen LogP contribution < -0.4 is 0 Å². The van der Waals surface area contributed by atoms with Crippen LogP contribution in [0.2, 0.25) is 5.02 Å². The quantitative estimate of drug-likeness (QED) is 0.626. The van der Waals surface area contributed by atoms with Crippen LogP contribution in [0, 0.1) is 5.82 Å². The Bertz CT molecular complexity index is 968. The van der Waals surface area contributed by atoms with Crippen LogP contribution in [0.3, 0.4) is 0 Å². The predicted octanol–water partition coefficient (Wildman–Crippen LogP) is 4.56. The number of aromatic nitrogens is 1. The molecule has 4 rings (SSSR count). The summed E-state index contributed by atoms with van der Waals surface area (Å²) < 4.78 is 13.4. The minimum atomic E-state index is -0.385. The predicted molar refractivity (Wildman–Crippen MR) is 110 cm³/mol. The molecule has 0 aliphatic carbocycles. The number of thiazole rings is 1. The van der Waals surface area contributed by atoms with Crippen LogP contribution in [0.5, 0.6) is 0 Å². The second kappa shape index (κ2) is 8.39. The van der Waals surface area contributed by atoms with Gasteiger partial charge in [0.15, 0.2) is 0 Å². The van der Waals surface area contributed by atoms with Crippen molar-refractivity contribution in [1.82, 2.24) is 14.8 Å². The van der Waals surface area contributed by atoms with Gasteiger partial charge in [0.1, 0.15) is 10.8 Å². The molecule has 0 spiro atoms. The average molecular weight is 416 g/mol. The summed E-state index contributed by atoms with van der Waals surface area (Å²) in [5, 5.41) is 3.77. The summed E-state index contributed by atoms with van der Waals surface area (Å²) in [5.74, 6) is -0.498. The van der Waals surface area contributed by atoms with E-state index in [0.717, 1.165) is 35.9 Å². The highest BCUT2D eigenvalue weighted by Crippen LogP contribution is 2.25. The molecule has 3 aromatic rings. The molecule has 0 bridgehead atoms. The highest BCUT2D eigenvalue weighted by molar-refractivity contribution is 7.13. The molecular formula is C21H19ClFN3OS. The van der Waals surface area contributed by atoms with Crippen LogP contribution in [-0.4, -0.2) is 46.9 Å². The molecule has 0 atom stereocenters. The van der Waals surface area contributed by atoms with Gasteiger partial charge in [0, 0.05) is 54.3 Å². The fourth-order valence-electron chi connectivity index (χ4n) is 3.25. The number of carbonyl (C=O) groups excluding carboxylic acids is 1. The summed E-state index contributed by atoms with van der Waals surface area (Å²) in [4.78, 5) is 21.3. The number of amides is 1. The van der Waals surface area contributed by atoms with Gasteiger partial charge in [0.25, 0.3) is 5.91 Å². The maximum atomic E-state index is 13.4. The largest absolute Gasteiger partial charge is 0.336 e. The summed E-state index contributed by atoms with van der Waals surface area (Å²) in [6.45, 7) is 3.56. The molecule has 28 heavy (non-hydrogen) atoms. The lowest BCUT2D eigenvalue weighted by molar-refractivity contribution is 0.0627. The van der Waals surface area contributed by atoms with E-state index in [2.05, 4.69) is 10.3 Å². The molecule has 0 saturated carbocycles. The molecule has 2 heterocycles. The Kier molecular flexibility index (Phi) is 5.71. The van der Waals surface area contributed by atoms with E-state index < -0.39 is 0 Å². The molecule has 144 valence electrons. The number of halogens is 2. The zero-order valence-corrected chi connectivity index (χ0v) is 16.7. The van der Waals surface area contributed by atoms with E-state index in [-0.39, 0.29) is 11.7 Å². The Balaban J connectivity index is 1.33. The van der Waals surface area contributed by atoms with Gasteiger partial charge in [-0.15, -0.1) is 11.3 Å². The molecule has 1 amide bonds. The Labute approximate surface area is 172 Å². The monoisotopic (exact) mass is 415 g/mol. The first-order valence-corrected chi connectivity index (χ1v) is 10.3. The van der Waals surface area contributed by atoms with Crippen molar-refractivity contribution < 1.29 is 9.18 Å². The van der Waals surface area contributed by atoms with Crippen LogP contribution in [0.15, 0.2) is 53.9 Å². The SMILES string of the molecule is O=C(c1cccc(F)c1)N1CCN(Cc2csc(-c3ccc(Cl)cc3)n2)CC1. The Morgan fingerprint density at radius 2 is 1.86 bits per heavy atom. The van der Waals surface area contributed by atoms with E-state index in [1.54, 1.807) is 28.4 Å². The van der Waals surface area contributed by atoms with Crippen molar-refractivity contribution in [1.29, 1.82) is 0 Å². The zero-order chi connectivity index (χ0) is 19.5. The molecule has 0 unspecified atom stereocenters. The van der Waals surface area contributed by atoms with Crippen molar-refractivity contribution >= 4 is 28.8 Å². The van der Waals surface area contributed by atoms with Crippen LogP contribution in [-0.2, 0) is 6.54 Å². The van der Waals surface area contributed by atoms with Gasteiger partial charge in [-0.25, -0.2) is 9.37 Å². The summed E-state index contributed by atoms with van der Waals surface area (Å²) in [7, 11) is 0. The lowest BCUT2D eigenvalue weighted by atomic mass is 10.1. The van der Waals surface area contributed by atoms with Crippen molar-refractivity contribution in [2.45, 2.75) is 6.54 Å². The second-order valence-electron chi connectivity index (χ2n) is 6.73. The van der Waals surface area contributed by atoms with E-state index in [1.165, 1.54) is 12.1 Å². The van der Waals surface area contributed by atoms with Gasteiger partial charge in [0.2, 0.25) is 0 Å². The number of rotatable bonds is 4. The minimum Gasteiger partial charge on any atom is -0.336 e. The first-order valence-electron chi connectivity index (χ1n) is 9.06. The van der Waals surface area contributed by atoms with E-state index in [9.17, 15) is 9.18 Å². The summed E-state index contributed by atoms with van der Waals surface area (Å²) in [6, 6.07) is 13.6. The molecule has 0 radical (unpaired) electrons. The van der Waals surface area contributed by atoms with Crippen molar-refractivity contribution in [2.24, 2.45) is 0 Å². The smallest absolute Gasteiger partial charge is 0.254 e. The third kappa shape index (κ3) is 4.41. The number of carbonyl (C=O) groups is 1. The standard InChI is InChI=1S/C21H19ClFN3OS/c22-17-6-4-15(5-7-17)20-24-19(14-28-20)13-25-8-10-26(11-9-25)21(27)16-2-1-3-18(23)12-16/h1-7,12,14H,8-11,13H2. The summed E-state index contributed by atoms with van der Waals surface area (Å²) in [6.07, 6.45) is 0. The van der Waals surface area contributed by atoms with Gasteiger partial charge in [-0.2, -0.15) is 0 Å². The van der Waals surface area contributed by atoms with Gasteiger partial charge in [-0.05, 0) is 30.3 Å². The Morgan fingerprint density at radius 1 is 1.11 bits per heavy atom. The van der Waals surface area contributed by atoms with Crippen LogP contribution >= 0.6 is 22.9 Å². The first-order chi connectivity index (χ1) is 13.6. The zero-order valence-electron chi connectivity index (χ0n) is 15.1. The number of hydrogen-bond donors (Lipinski definition) is 0. The van der Waals surface area contributed by atoms with Crippen LogP contribution in [0.4, 0.5) is 4.39 Å². The number of hydrogen-bond acceptors (Lipinski definition) is 4. The number of nitrogens with zero attached hydrogens (tertiary/aromatic N) is 3. The molecule has 7 heteroatoms. The van der Waals surface area contributed by atoms with E-state index >= 15 is 0 Å². The molecule has 1 saturated heterocycles. The fourth-order valence-corrected chi connectivity index (χ4v) is 4.19. The van der Waals surface area contributed by atoms with Crippen molar-refractivity contribution in [3.05, 3.63) is 76.0 Å². The lowest BCUT2D eigenvalue weighted by Gasteiger charge is -2.34.